The van der Waals surface area contributed by atoms with E-state index < -0.39 is 216 Å². The minimum Gasteiger partial charge on any atom is -0.481 e. The molecule has 127 heavy (non-hydrogen) atoms. The van der Waals surface area contributed by atoms with Crippen LogP contribution in [0.15, 0.2) is 24.3 Å². The van der Waals surface area contributed by atoms with E-state index >= 15 is 33.6 Å². The van der Waals surface area contributed by atoms with E-state index in [1.165, 1.54) is 51.3 Å². The van der Waals surface area contributed by atoms with Crippen molar-refractivity contribution in [3.63, 3.8) is 0 Å². The lowest BCUT2D eigenvalue weighted by atomic mass is 9.82. The largest absolute Gasteiger partial charge is 0.481 e. The van der Waals surface area contributed by atoms with E-state index in [9.17, 15) is 58.8 Å². The van der Waals surface area contributed by atoms with Crippen molar-refractivity contribution in [1.82, 2.24) is 101 Å². The smallest absolute Gasteiger partial charge is 0.303 e. The number of benzene rings is 1. The van der Waals surface area contributed by atoms with Crippen LogP contribution in [0.2, 0.25) is 0 Å². The summed E-state index contributed by atoms with van der Waals surface area (Å²) in [5.41, 5.74) is 6.40. The third-order valence-electron chi connectivity index (χ3n) is 25.8. The Morgan fingerprint density at radius 2 is 1.13 bits per heavy atom. The van der Waals surface area contributed by atoms with Crippen LogP contribution in [0.5, 0.6) is 0 Å². The van der Waals surface area contributed by atoms with Crippen LogP contribution in [-0.4, -0.2) is 288 Å². The molecule has 7 fully saturated rings. The van der Waals surface area contributed by atoms with Crippen molar-refractivity contribution < 1.29 is 92.3 Å². The highest BCUT2D eigenvalue weighted by Crippen LogP contribution is 2.36. The SMILES string of the molecule is CCC[C@H](NC(C)=O)C(=O)N[C@H]1CSCc2cccc(c2)CSC[C@@H](C(N)=O)NC(=O)[C@H]([C@@H](C)O)NC(=O)[C@H](C2CCCCC2)NC(=O)[C@H](CC2CNC3NCCCC23)NC(=O)[C@H](CC2CNCN2)NC(=O)[C@H](CCC(=O)O)NC(=O)[C@H](CC2CNC3NCCCC23)NC(=O)[C@H]([C@@H](C)O)NC(=O)CN(C)C(=O)[C@H](CC2CCC(O)CC2)NC(=O)[C@H](C(C)(C)C)NC1=O. The number of primary amides is 1. The number of thioether (sulfide) groups is 2. The molecule has 1 aromatic carbocycles. The van der Waals surface area contributed by atoms with Crippen LogP contribution in [0.4, 0.5) is 0 Å². The number of hydrogen-bond donors (Lipinski definition) is 23. The maximum absolute atomic E-state index is 15.5. The van der Waals surface area contributed by atoms with E-state index in [1.54, 1.807) is 26.8 Å². The highest BCUT2D eigenvalue weighted by atomic mass is 32.2. The fourth-order valence-electron chi connectivity index (χ4n) is 18.7. The zero-order chi connectivity index (χ0) is 92.3. The van der Waals surface area contributed by atoms with Crippen LogP contribution in [0, 0.1) is 40.9 Å². The number of nitrogens with zero attached hydrogens (tertiary/aromatic N) is 1. The molecule has 2 aliphatic carbocycles. The lowest BCUT2D eigenvalue weighted by Crippen LogP contribution is -2.63. The minimum absolute atomic E-state index is 0.00527. The van der Waals surface area contributed by atoms with E-state index in [0.29, 0.717) is 90.6 Å². The van der Waals surface area contributed by atoms with Crippen LogP contribution in [0.1, 0.15) is 194 Å². The van der Waals surface area contributed by atoms with Crippen LogP contribution in [0.25, 0.3) is 0 Å². The molecule has 5 saturated heterocycles. The first kappa shape index (κ1) is 102. The Bertz CT molecular complexity index is 3940. The molecule has 710 valence electrons. The molecule has 24 N–H and O–H groups in total. The van der Waals surface area contributed by atoms with Crippen molar-refractivity contribution in [3.05, 3.63) is 35.4 Å². The van der Waals surface area contributed by atoms with Crippen LogP contribution < -0.4 is 101 Å². The first-order chi connectivity index (χ1) is 60.4. The summed E-state index contributed by atoms with van der Waals surface area (Å²) in [6.07, 6.45) is 3.06. The molecule has 39 nitrogen and oxygen atoms in total. The number of carbonyl (C=O) groups is 15. The van der Waals surface area contributed by atoms with Gasteiger partial charge < -0.3 is 127 Å². The van der Waals surface area contributed by atoms with Crippen molar-refractivity contribution >= 4 is 112 Å². The third kappa shape index (κ3) is 31.2. The Morgan fingerprint density at radius 3 is 1.68 bits per heavy atom. The maximum atomic E-state index is 15.5. The molecule has 41 heteroatoms. The van der Waals surface area contributed by atoms with Gasteiger partial charge in [0.05, 0.1) is 37.2 Å². The van der Waals surface area contributed by atoms with Gasteiger partial charge in [-0.1, -0.05) is 77.6 Å². The summed E-state index contributed by atoms with van der Waals surface area (Å²) in [5, 5.41) is 96.9. The van der Waals surface area contributed by atoms with E-state index in [1.807, 2.05) is 25.1 Å². The summed E-state index contributed by atoms with van der Waals surface area (Å²) in [6.45, 7) is 12.7. The van der Waals surface area contributed by atoms with Gasteiger partial charge in [-0.15, -0.1) is 0 Å². The van der Waals surface area contributed by atoms with Gasteiger partial charge in [0, 0.05) is 62.7 Å². The average molecular weight is 1820 g/mol. The van der Waals surface area contributed by atoms with Crippen LogP contribution >= 0.6 is 23.5 Å². The fourth-order valence-corrected chi connectivity index (χ4v) is 20.8. The van der Waals surface area contributed by atoms with Gasteiger partial charge in [-0.05, 0) is 195 Å². The topological polar surface area (TPSA) is 583 Å². The van der Waals surface area contributed by atoms with Gasteiger partial charge in [0.2, 0.25) is 82.7 Å². The Labute approximate surface area is 751 Å². The zero-order valence-electron chi connectivity index (χ0n) is 74.5. The predicted molar refractivity (Wildman–Crippen MR) is 474 cm³/mol. The number of carbonyl (C=O) groups excluding carboxylic acids is 14. The summed E-state index contributed by atoms with van der Waals surface area (Å²) >= 11 is 2.50. The summed E-state index contributed by atoms with van der Waals surface area (Å²) in [6, 6.07) is -10.7. The highest BCUT2D eigenvalue weighted by molar-refractivity contribution is 7.98. The van der Waals surface area contributed by atoms with Gasteiger partial charge in [-0.25, -0.2) is 0 Å². The van der Waals surface area contributed by atoms with Crippen molar-refractivity contribution in [1.29, 1.82) is 0 Å². The summed E-state index contributed by atoms with van der Waals surface area (Å²) < 4.78 is 0. The van der Waals surface area contributed by atoms with Gasteiger partial charge in [0.25, 0.3) is 0 Å². The number of aliphatic carboxylic acids is 1. The molecule has 6 aliphatic heterocycles. The number of rotatable bonds is 20. The Morgan fingerprint density at radius 1 is 0.583 bits per heavy atom. The number of likely N-dealkylation sites (N-methyl/N-ethyl adjacent to an activating group) is 1. The van der Waals surface area contributed by atoms with E-state index in [4.69, 9.17) is 5.73 Å². The molecule has 6 heterocycles. The Balaban J connectivity index is 1.06. The number of nitrogens with two attached hydrogens (primary N) is 1. The molecule has 0 radical (unpaired) electrons. The predicted octanol–water partition coefficient (Wildman–Crippen LogP) is -3.28. The number of nitrogens with one attached hydrogen (secondary N) is 18. The summed E-state index contributed by atoms with van der Waals surface area (Å²) in [4.78, 5) is 219. The standard InChI is InChI=1S/C86H140N20O19S2/c1-9-16-58(94-47(4)109)75(115)101-65-43-127-41-50-18-13-17-49(31-50)40-126-42-64(72(87)114)100-82(122)69(46(3)108)103-83(123)70(51-19-11-10-12-20-51)104-79(119)61(34-53-37-92-74-57(53)22-15-30-90-74)96-78(118)62(35-54-38-88-44-93-54)97-76(116)59(27-28-67(112)113)95-77(117)60(33-52-36-91-73-56(52)21-14-29-89-73)98-81(121)68(45(2)107)102-66(111)39-106(8)85(125)63(32-48-23-25-55(110)26-24-48)99-84(124)71(86(5,6)7)105-80(65)120/h13,17-18,31,45-46,48,51-65,68-71,73-74,88-93,107-108,110H,9-12,14-16,19-30,32-44H2,1-8H3,(H2,87,114)(H,94,109)(H,95,117)(H,96,118)(H,97,116)(H,98,121)(H,99,124)(H,100,122)(H,101,115)(H,102,111)(H,103,123)(H,104,119)(H,105,120)(H,112,113)/t45-,46-,48?,52?,53?,54?,55?,56?,57?,58+,59+,60+,61+,62+,63+,64+,65+,68+,69+,70+,71-,73?,74?/m1/s1. The molecule has 8 aliphatic rings. The molecule has 9 rings (SSSR count). The van der Waals surface area contributed by atoms with E-state index in [2.05, 4.69) is 95.7 Å². The zero-order valence-corrected chi connectivity index (χ0v) is 76.2. The highest BCUT2D eigenvalue weighted by Gasteiger charge is 2.47. The summed E-state index contributed by atoms with van der Waals surface area (Å²) in [7, 11) is 1.29. The number of aliphatic hydroxyl groups excluding tert-OH is 3. The second kappa shape index (κ2) is 49.6. The van der Waals surface area contributed by atoms with Gasteiger partial charge in [0.15, 0.2) is 0 Å². The Hall–Kier alpha value is -8.39. The molecule has 14 amide bonds. The van der Waals surface area contributed by atoms with Crippen molar-refractivity contribution in [2.24, 2.45) is 46.7 Å². The lowest BCUT2D eigenvalue weighted by Gasteiger charge is -2.35. The molecule has 1 aromatic rings. The number of amides is 14. The molecule has 7 unspecified atom stereocenters. The molecular weight excluding hydrogens is 1680 g/mol. The summed E-state index contributed by atoms with van der Waals surface area (Å²) in [5.74, 6) is -14.3. The van der Waals surface area contributed by atoms with Gasteiger partial charge in [-0.2, -0.15) is 23.5 Å². The second-order valence-corrected chi connectivity index (χ2v) is 39.1. The quantitative estimate of drug-likeness (QED) is 0.0609. The van der Waals surface area contributed by atoms with Crippen LogP contribution in [0.3, 0.4) is 0 Å². The molecule has 2 bridgehead atoms. The molecular formula is C86H140N20O19S2. The maximum Gasteiger partial charge on any atom is 0.303 e. The number of piperidine rings is 2. The first-order valence-electron chi connectivity index (χ1n) is 45.4. The van der Waals surface area contributed by atoms with E-state index in [-0.39, 0.29) is 97.0 Å². The van der Waals surface area contributed by atoms with Gasteiger partial charge >= 0.3 is 5.97 Å². The average Bonchev–Trinajstić information content (AvgIpc) is 1.80. The van der Waals surface area contributed by atoms with Crippen molar-refractivity contribution in [2.75, 3.05) is 64.5 Å². The first-order valence-corrected chi connectivity index (χ1v) is 47.8. The third-order valence-corrected chi connectivity index (χ3v) is 28.0. The van der Waals surface area contributed by atoms with Crippen molar-refractivity contribution in [2.45, 2.75) is 304 Å². The molecule has 2 saturated carbocycles. The van der Waals surface area contributed by atoms with Gasteiger partial charge in [0.1, 0.15) is 72.5 Å². The molecule has 0 aromatic heterocycles. The normalized spacial score (nSPS) is 32.3. The molecule has 21 atom stereocenters. The molecule has 0 spiro atoms. The lowest BCUT2D eigenvalue weighted by molar-refractivity contribution is -0.141. The fraction of sp³-hybridized carbons (Fsp3) is 0.756. The van der Waals surface area contributed by atoms with Crippen LogP contribution in [-0.2, 0) is 83.4 Å². The number of carboxylic acids is 1. The Kier molecular flexibility index (Phi) is 40.0. The van der Waals surface area contributed by atoms with Gasteiger partial charge in [-0.3, -0.25) is 71.9 Å². The number of aliphatic hydroxyl groups is 3. The monoisotopic (exact) mass is 1820 g/mol. The number of hydrogen-bond acceptors (Lipinski definition) is 26. The van der Waals surface area contributed by atoms with Crippen molar-refractivity contribution in [3.8, 4) is 0 Å². The van der Waals surface area contributed by atoms with E-state index in [0.717, 1.165) is 54.7 Å². The number of fused-ring (bicyclic) bond motifs is 4. The minimum atomic E-state index is -1.82. The number of carboxylic acid groups (broad SMARTS) is 1. The second-order valence-electron chi connectivity index (χ2n) is 37.0.